The molecule has 0 saturated heterocycles. The van der Waals surface area contributed by atoms with Gasteiger partial charge in [-0.2, -0.15) is 0 Å². The third-order valence-electron chi connectivity index (χ3n) is 6.47. The van der Waals surface area contributed by atoms with E-state index in [1.165, 1.54) is 18.2 Å². The summed E-state index contributed by atoms with van der Waals surface area (Å²) < 4.78 is 34.5. The van der Waals surface area contributed by atoms with Gasteiger partial charge in [0.25, 0.3) is 10.0 Å². The van der Waals surface area contributed by atoms with Crippen molar-refractivity contribution >= 4 is 33.0 Å². The number of rotatable bonds is 6. The van der Waals surface area contributed by atoms with Crippen molar-refractivity contribution in [1.82, 2.24) is 4.90 Å². The molecule has 1 aliphatic carbocycles. The zero-order valence-electron chi connectivity index (χ0n) is 18.8. The number of nitrogens with one attached hydrogen (secondary N) is 1. The molecule has 3 aromatic rings. The summed E-state index contributed by atoms with van der Waals surface area (Å²) in [7, 11) is -2.72. The minimum Gasteiger partial charge on any atom is -0.508 e. The Bertz CT molecular complexity index is 1360. The van der Waals surface area contributed by atoms with Crippen LogP contribution >= 0.6 is 11.3 Å². The van der Waals surface area contributed by atoms with Gasteiger partial charge in [-0.3, -0.25) is 9.62 Å². The van der Waals surface area contributed by atoms with E-state index in [-0.39, 0.29) is 15.5 Å². The molecule has 2 aromatic carbocycles. The number of carbonyl (C=O) groups is 1. The topological polar surface area (TPSA) is 95.9 Å². The second-order valence-electron chi connectivity index (χ2n) is 8.69. The normalized spacial score (nSPS) is 15.6. The molecule has 7 nitrogen and oxygen atoms in total. The minimum absolute atomic E-state index is 0.00532. The Morgan fingerprint density at radius 2 is 1.94 bits per heavy atom. The largest absolute Gasteiger partial charge is 0.508 e. The van der Waals surface area contributed by atoms with Crippen molar-refractivity contribution in [1.29, 1.82) is 0 Å². The number of nitrogens with zero attached hydrogens (tertiary/aromatic N) is 1. The van der Waals surface area contributed by atoms with Gasteiger partial charge >= 0.3 is 5.97 Å². The number of hydrogen-bond acceptors (Lipinski definition) is 7. The molecule has 0 radical (unpaired) electrons. The van der Waals surface area contributed by atoms with E-state index in [9.17, 15) is 18.3 Å². The van der Waals surface area contributed by atoms with Gasteiger partial charge in [0.2, 0.25) is 0 Å². The molecule has 2 N–H and O–H groups in total. The van der Waals surface area contributed by atoms with E-state index in [0.717, 1.165) is 46.6 Å². The summed E-state index contributed by atoms with van der Waals surface area (Å²) in [4.78, 5) is 15.7. The Balaban J connectivity index is 1.45. The van der Waals surface area contributed by atoms with Crippen molar-refractivity contribution in [2.75, 3.05) is 18.4 Å². The van der Waals surface area contributed by atoms with Crippen molar-refractivity contribution in [3.05, 3.63) is 75.2 Å². The summed E-state index contributed by atoms with van der Waals surface area (Å²) in [6.07, 6.45) is 3.56. The molecular weight excluding hydrogens is 472 g/mol. The van der Waals surface area contributed by atoms with Gasteiger partial charge in [-0.25, -0.2) is 13.2 Å². The zero-order valence-corrected chi connectivity index (χ0v) is 20.5. The van der Waals surface area contributed by atoms with Gasteiger partial charge in [0, 0.05) is 35.8 Å². The Labute approximate surface area is 203 Å². The number of anilines is 1. The van der Waals surface area contributed by atoms with E-state index in [4.69, 9.17) is 4.74 Å². The van der Waals surface area contributed by atoms with Crippen LogP contribution in [0.3, 0.4) is 0 Å². The summed E-state index contributed by atoms with van der Waals surface area (Å²) in [5.74, 6) is -0.405. The van der Waals surface area contributed by atoms with E-state index in [1.54, 1.807) is 18.2 Å². The lowest BCUT2D eigenvalue weighted by Gasteiger charge is -2.27. The fourth-order valence-electron chi connectivity index (χ4n) is 4.79. The number of phenolic OH excluding ortho intramolecular Hbond substituents is 1. The lowest BCUT2D eigenvalue weighted by Crippen LogP contribution is -2.30. The number of hydrogen-bond donors (Lipinski definition) is 2. The molecule has 0 saturated carbocycles. The van der Waals surface area contributed by atoms with Crippen LogP contribution in [0.25, 0.3) is 0 Å². The van der Waals surface area contributed by atoms with Crippen molar-refractivity contribution in [3.63, 3.8) is 0 Å². The zero-order chi connectivity index (χ0) is 23.9. The summed E-state index contributed by atoms with van der Waals surface area (Å²) in [6, 6.07) is 12.8. The lowest BCUT2D eigenvalue weighted by atomic mass is 10.0. The minimum atomic E-state index is -3.98. The van der Waals surface area contributed by atoms with Crippen LogP contribution in [-0.4, -0.2) is 38.0 Å². The first-order chi connectivity index (χ1) is 16.4. The van der Waals surface area contributed by atoms with Crippen LogP contribution in [0.15, 0.2) is 46.7 Å². The molecule has 0 fully saturated rings. The molecule has 1 aliphatic heterocycles. The van der Waals surface area contributed by atoms with Crippen LogP contribution in [0.1, 0.15) is 43.9 Å². The maximum atomic E-state index is 13.4. The van der Waals surface area contributed by atoms with Gasteiger partial charge in [0.05, 0.1) is 12.7 Å². The highest BCUT2D eigenvalue weighted by Crippen LogP contribution is 2.38. The van der Waals surface area contributed by atoms with E-state index < -0.39 is 16.0 Å². The monoisotopic (exact) mass is 498 g/mol. The molecule has 5 rings (SSSR count). The third-order valence-corrected chi connectivity index (χ3v) is 9.59. The average Bonchev–Trinajstić information content (AvgIpc) is 3.44. The number of benzene rings is 2. The number of aryl methyl sites for hydroxylation is 2. The molecule has 2 heterocycles. The number of thiophene rings is 1. The van der Waals surface area contributed by atoms with E-state index in [1.807, 2.05) is 24.3 Å². The molecule has 0 atom stereocenters. The fourth-order valence-corrected chi connectivity index (χ4v) is 7.76. The third kappa shape index (κ3) is 4.31. The first-order valence-electron chi connectivity index (χ1n) is 11.2. The predicted octanol–water partition coefficient (Wildman–Crippen LogP) is 4.09. The fraction of sp³-hybridized carbons (Fsp3) is 0.320. The van der Waals surface area contributed by atoms with Gasteiger partial charge in [0.15, 0.2) is 4.21 Å². The molecule has 1 aromatic heterocycles. The van der Waals surface area contributed by atoms with E-state index in [0.29, 0.717) is 31.7 Å². The highest BCUT2D eigenvalue weighted by molar-refractivity contribution is 7.94. The molecule has 0 bridgehead atoms. The Hall–Kier alpha value is -2.88. The van der Waals surface area contributed by atoms with Gasteiger partial charge < -0.3 is 9.84 Å². The average molecular weight is 499 g/mol. The van der Waals surface area contributed by atoms with Gasteiger partial charge in [-0.05, 0) is 60.6 Å². The maximum absolute atomic E-state index is 13.4. The first kappa shape index (κ1) is 22.9. The molecule has 178 valence electrons. The van der Waals surface area contributed by atoms with Crippen molar-refractivity contribution in [2.24, 2.45) is 0 Å². The summed E-state index contributed by atoms with van der Waals surface area (Å²) in [6.45, 7) is 1.67. The summed E-state index contributed by atoms with van der Waals surface area (Å²) >= 11 is 1.12. The number of sulfonamides is 1. The van der Waals surface area contributed by atoms with Crippen molar-refractivity contribution in [3.8, 4) is 5.75 Å². The molecule has 0 unspecified atom stereocenters. The van der Waals surface area contributed by atoms with Crippen LogP contribution in [0, 0.1) is 0 Å². The van der Waals surface area contributed by atoms with Crippen molar-refractivity contribution in [2.45, 2.75) is 43.0 Å². The number of methoxy groups -OCH3 is 1. The molecule has 34 heavy (non-hydrogen) atoms. The SMILES string of the molecule is COC(=O)c1c(S(=O)(=O)Nc2ccc3c(c2)CCC3)sc2c1CCN(Cc1ccccc1O)C2. The predicted molar refractivity (Wildman–Crippen MR) is 131 cm³/mol. The highest BCUT2D eigenvalue weighted by atomic mass is 32.2. The van der Waals surface area contributed by atoms with Crippen LogP contribution in [0.5, 0.6) is 5.75 Å². The number of aromatic hydroxyl groups is 1. The first-order valence-corrected chi connectivity index (χ1v) is 13.5. The lowest BCUT2D eigenvalue weighted by molar-refractivity contribution is 0.0595. The number of carbonyl (C=O) groups excluding carboxylic acids is 1. The van der Waals surface area contributed by atoms with Crippen LogP contribution < -0.4 is 4.72 Å². The van der Waals surface area contributed by atoms with Gasteiger partial charge in [-0.15, -0.1) is 11.3 Å². The number of ether oxygens (including phenoxy) is 1. The molecule has 2 aliphatic rings. The van der Waals surface area contributed by atoms with Crippen LogP contribution in [0.2, 0.25) is 0 Å². The second-order valence-corrected chi connectivity index (χ2v) is 11.7. The molecule has 0 spiro atoms. The number of phenols is 1. The Kier molecular flexibility index (Phi) is 6.09. The summed E-state index contributed by atoms with van der Waals surface area (Å²) in [5, 5.41) is 10.1. The molecule has 9 heteroatoms. The standard InChI is InChI=1S/C25H26N2O5S2/c1-32-24(29)23-20-11-12-27(14-18-5-2-3-8-21(18)28)15-22(20)33-25(23)34(30,31)26-19-10-9-16-6-4-7-17(16)13-19/h2-3,5,8-10,13,26,28H,4,6-7,11-12,14-15H2,1H3. The quantitative estimate of drug-likeness (QED) is 0.497. The highest BCUT2D eigenvalue weighted by Gasteiger charge is 2.34. The van der Waals surface area contributed by atoms with Crippen LogP contribution in [0.4, 0.5) is 5.69 Å². The summed E-state index contributed by atoms with van der Waals surface area (Å²) in [5.41, 5.74) is 4.61. The molecular formula is C25H26N2O5S2. The maximum Gasteiger partial charge on any atom is 0.340 e. The van der Waals surface area contributed by atoms with E-state index >= 15 is 0 Å². The smallest absolute Gasteiger partial charge is 0.340 e. The number of fused-ring (bicyclic) bond motifs is 2. The van der Waals surface area contributed by atoms with E-state index in [2.05, 4.69) is 9.62 Å². The Morgan fingerprint density at radius 1 is 1.15 bits per heavy atom. The second kappa shape index (κ2) is 9.05. The number of para-hydroxylation sites is 1. The van der Waals surface area contributed by atoms with Gasteiger partial charge in [-0.1, -0.05) is 24.3 Å². The van der Waals surface area contributed by atoms with Gasteiger partial charge in [0.1, 0.15) is 5.75 Å². The van der Waals surface area contributed by atoms with Crippen molar-refractivity contribution < 1.29 is 23.1 Å². The Morgan fingerprint density at radius 3 is 2.74 bits per heavy atom. The molecule has 0 amide bonds. The van der Waals surface area contributed by atoms with Crippen LogP contribution in [-0.2, 0) is 47.1 Å². The number of esters is 1.